The van der Waals surface area contributed by atoms with E-state index in [2.05, 4.69) is 46.8 Å². The summed E-state index contributed by atoms with van der Waals surface area (Å²) in [5, 5.41) is 47.2. The molecule has 1 heterocycles. The molecule has 0 radical (unpaired) electrons. The molecule has 14 atom stereocenters. The fraction of sp³-hybridized carbons (Fsp3) is 0.844. The molecule has 0 aromatic heterocycles. The Morgan fingerprint density at radius 2 is 1.79 bits per heavy atom. The first-order valence-electron chi connectivity index (χ1n) is 15.2. The molecule has 1 spiro atoms. The minimum absolute atomic E-state index is 0.00863. The molecular formula is C32H46O6. The Morgan fingerprint density at radius 3 is 2.50 bits per heavy atom. The van der Waals surface area contributed by atoms with Crippen molar-refractivity contribution in [3.05, 3.63) is 23.8 Å². The summed E-state index contributed by atoms with van der Waals surface area (Å²) >= 11 is 0. The molecule has 0 unspecified atom stereocenters. The molecule has 4 N–H and O–H groups in total. The van der Waals surface area contributed by atoms with Crippen LogP contribution >= 0.6 is 0 Å². The van der Waals surface area contributed by atoms with E-state index in [9.17, 15) is 25.2 Å². The van der Waals surface area contributed by atoms with Crippen LogP contribution in [0, 0.1) is 51.8 Å². The minimum atomic E-state index is -1.21. The van der Waals surface area contributed by atoms with E-state index in [0.29, 0.717) is 31.1 Å². The summed E-state index contributed by atoms with van der Waals surface area (Å²) < 4.78 is 6.24. The highest BCUT2D eigenvalue weighted by Crippen LogP contribution is 2.79. The van der Waals surface area contributed by atoms with E-state index >= 15 is 0 Å². The summed E-state index contributed by atoms with van der Waals surface area (Å²) in [5.41, 5.74) is -2.94. The summed E-state index contributed by atoms with van der Waals surface area (Å²) in [4.78, 5) is 13.8. The third-order valence-corrected chi connectivity index (χ3v) is 14.0. The Bertz CT molecular complexity index is 1130. The average Bonchev–Trinajstić information content (AvgIpc) is 3.55. The number of ether oxygens (including phenoxy) is 1. The zero-order valence-corrected chi connectivity index (χ0v) is 23.6. The molecule has 38 heavy (non-hydrogen) atoms. The largest absolute Gasteiger partial charge is 0.390 e. The molecule has 0 bridgehead atoms. The highest BCUT2D eigenvalue weighted by atomic mass is 16.6. The van der Waals surface area contributed by atoms with Gasteiger partial charge in [-0.15, -0.1) is 0 Å². The maximum absolute atomic E-state index is 13.8. The smallest absolute Gasteiger partial charge is 0.159 e. The summed E-state index contributed by atoms with van der Waals surface area (Å²) in [6.45, 7) is 10.9. The Hall–Kier alpha value is -1.05. The van der Waals surface area contributed by atoms with Crippen molar-refractivity contribution in [2.24, 2.45) is 51.8 Å². The molecule has 1 aliphatic heterocycles. The van der Waals surface area contributed by atoms with E-state index in [0.717, 1.165) is 24.8 Å². The molecule has 210 valence electrons. The number of carbonyl (C=O) groups is 1. The zero-order valence-electron chi connectivity index (χ0n) is 23.6. The van der Waals surface area contributed by atoms with Gasteiger partial charge >= 0.3 is 0 Å². The monoisotopic (exact) mass is 526 g/mol. The third kappa shape index (κ3) is 2.66. The van der Waals surface area contributed by atoms with Gasteiger partial charge in [-0.05, 0) is 91.6 Å². The van der Waals surface area contributed by atoms with Crippen LogP contribution in [-0.4, -0.2) is 61.8 Å². The van der Waals surface area contributed by atoms with Crippen molar-refractivity contribution in [3.63, 3.8) is 0 Å². The first kappa shape index (κ1) is 25.9. The zero-order chi connectivity index (χ0) is 27.2. The lowest BCUT2D eigenvalue weighted by Gasteiger charge is -2.67. The Kier molecular flexibility index (Phi) is 5.19. The van der Waals surface area contributed by atoms with Gasteiger partial charge in [-0.2, -0.15) is 0 Å². The van der Waals surface area contributed by atoms with Crippen molar-refractivity contribution < 1.29 is 30.0 Å². The number of epoxide rings is 1. The second-order valence-corrected chi connectivity index (χ2v) is 15.1. The van der Waals surface area contributed by atoms with Crippen LogP contribution < -0.4 is 0 Å². The van der Waals surface area contributed by atoms with Crippen molar-refractivity contribution in [2.45, 2.75) is 115 Å². The number of hydrogen-bond donors (Lipinski definition) is 4. The first-order chi connectivity index (χ1) is 17.8. The summed E-state index contributed by atoms with van der Waals surface area (Å²) in [5.74, 6) is 0.175. The van der Waals surface area contributed by atoms with Gasteiger partial charge in [0.05, 0.1) is 23.9 Å². The van der Waals surface area contributed by atoms with Crippen LogP contribution in [0.15, 0.2) is 23.8 Å². The lowest BCUT2D eigenvalue weighted by molar-refractivity contribution is -0.198. The van der Waals surface area contributed by atoms with Crippen LogP contribution in [0.3, 0.4) is 0 Å². The third-order valence-electron chi connectivity index (χ3n) is 14.0. The SMILES string of the molecule is CC(C)[C@@H](C)[C@@H]1O[C@H]1[C@@]1(O)CC=C[C@@H]2C[C@@]34CC[C@H]5[C@H](O)[C@H](O)C[C@@H](C(=O)C=C3[C@]3(O)CC[C@H]1[C@@]23C)[C@]54C. The standard InChI is InChI=1S/C32H46O6/c1-16(2)17(3)26-27(38-26)31(36)10-6-7-18-15-30-11-8-19-25(35)22(34)13-20(29(19,30)5)21(33)14-24(30)32(37)12-9-23(31)28(18,32)4/h6-7,14,16-20,22-23,25-27,34-37H,8-13,15H2,1-5H3/t17-,18-,19+,20+,22-,23+,25+,26+,27-,28-,29+,30+,31-,32-/m1/s1. The van der Waals surface area contributed by atoms with Crippen LogP contribution in [0.1, 0.15) is 79.6 Å². The van der Waals surface area contributed by atoms with Gasteiger partial charge in [-0.3, -0.25) is 4.79 Å². The highest BCUT2D eigenvalue weighted by Gasteiger charge is 2.79. The maximum atomic E-state index is 13.8. The quantitative estimate of drug-likeness (QED) is 0.331. The number of hydrogen-bond acceptors (Lipinski definition) is 6. The summed E-state index contributed by atoms with van der Waals surface area (Å²) in [7, 11) is 0. The summed E-state index contributed by atoms with van der Waals surface area (Å²) in [6, 6.07) is 0. The molecule has 0 aromatic carbocycles. The second kappa shape index (κ2) is 7.61. The number of allylic oxidation sites excluding steroid dienone is 2. The van der Waals surface area contributed by atoms with Crippen LogP contribution in [0.5, 0.6) is 0 Å². The summed E-state index contributed by atoms with van der Waals surface area (Å²) in [6.07, 6.45) is 8.59. The molecule has 7 rings (SSSR count). The van der Waals surface area contributed by atoms with Crippen LogP contribution in [0.25, 0.3) is 0 Å². The number of aliphatic hydroxyl groups excluding tert-OH is 2. The molecule has 1 saturated heterocycles. The molecule has 6 aliphatic carbocycles. The van der Waals surface area contributed by atoms with Gasteiger partial charge in [-0.1, -0.05) is 46.8 Å². The number of aliphatic hydroxyl groups is 4. The molecule has 6 heteroatoms. The van der Waals surface area contributed by atoms with Crippen LogP contribution in [0.4, 0.5) is 0 Å². The fourth-order valence-corrected chi connectivity index (χ4v) is 11.5. The van der Waals surface area contributed by atoms with Gasteiger partial charge in [0.2, 0.25) is 0 Å². The van der Waals surface area contributed by atoms with Crippen molar-refractivity contribution in [2.75, 3.05) is 0 Å². The minimum Gasteiger partial charge on any atom is -0.390 e. The lowest BCUT2D eigenvalue weighted by Crippen LogP contribution is -2.68. The molecular weight excluding hydrogens is 480 g/mol. The van der Waals surface area contributed by atoms with E-state index in [4.69, 9.17) is 4.74 Å². The molecule has 5 fully saturated rings. The Morgan fingerprint density at radius 1 is 1.05 bits per heavy atom. The maximum Gasteiger partial charge on any atom is 0.159 e. The molecule has 4 saturated carbocycles. The molecule has 0 amide bonds. The predicted molar refractivity (Wildman–Crippen MR) is 142 cm³/mol. The van der Waals surface area contributed by atoms with E-state index < -0.39 is 39.7 Å². The Labute approximate surface area is 226 Å². The topological polar surface area (TPSA) is 111 Å². The van der Waals surface area contributed by atoms with Crippen molar-refractivity contribution >= 4 is 5.78 Å². The van der Waals surface area contributed by atoms with Crippen LogP contribution in [0.2, 0.25) is 0 Å². The predicted octanol–water partition coefficient (Wildman–Crippen LogP) is 3.56. The second-order valence-electron chi connectivity index (χ2n) is 15.1. The number of ketones is 1. The normalized spacial score (nSPS) is 59.1. The van der Waals surface area contributed by atoms with Crippen molar-refractivity contribution in [1.82, 2.24) is 0 Å². The fourth-order valence-electron chi connectivity index (χ4n) is 11.5. The van der Waals surface area contributed by atoms with Crippen molar-refractivity contribution in [1.29, 1.82) is 0 Å². The van der Waals surface area contributed by atoms with Gasteiger partial charge in [-0.25, -0.2) is 0 Å². The van der Waals surface area contributed by atoms with E-state index in [1.165, 1.54) is 0 Å². The van der Waals surface area contributed by atoms with Crippen LogP contribution in [-0.2, 0) is 9.53 Å². The van der Waals surface area contributed by atoms with Gasteiger partial charge in [0, 0.05) is 16.7 Å². The van der Waals surface area contributed by atoms with Gasteiger partial charge in [0.1, 0.15) is 11.7 Å². The van der Waals surface area contributed by atoms with E-state index in [1.807, 2.05) is 0 Å². The first-order valence-corrected chi connectivity index (χ1v) is 15.2. The van der Waals surface area contributed by atoms with E-state index in [1.54, 1.807) is 6.08 Å². The van der Waals surface area contributed by atoms with Gasteiger partial charge in [0.15, 0.2) is 5.78 Å². The van der Waals surface area contributed by atoms with Gasteiger partial charge in [0.25, 0.3) is 0 Å². The van der Waals surface area contributed by atoms with E-state index in [-0.39, 0.29) is 48.1 Å². The number of fused-ring (bicyclic) bond motifs is 1. The number of carbonyl (C=O) groups excluding carboxylic acids is 1. The molecule has 7 aliphatic rings. The Balaban J connectivity index is 1.35. The molecule has 6 nitrogen and oxygen atoms in total. The average molecular weight is 527 g/mol. The number of rotatable bonds is 3. The lowest BCUT2D eigenvalue weighted by atomic mass is 9.38. The van der Waals surface area contributed by atoms with Crippen molar-refractivity contribution in [3.8, 4) is 0 Å². The van der Waals surface area contributed by atoms with Gasteiger partial charge < -0.3 is 25.2 Å². The highest BCUT2D eigenvalue weighted by molar-refractivity contribution is 5.95. The molecule has 0 aromatic rings.